The molecule has 0 aliphatic carbocycles. The zero-order chi connectivity index (χ0) is 15.8. The third-order valence-corrected chi connectivity index (χ3v) is 3.62. The van der Waals surface area contributed by atoms with Crippen molar-refractivity contribution in [2.75, 3.05) is 26.7 Å². The van der Waals surface area contributed by atoms with Crippen LogP contribution >= 0.6 is 11.6 Å². The van der Waals surface area contributed by atoms with E-state index in [1.807, 2.05) is 50.1 Å². The number of benzene rings is 1. The second kappa shape index (κ2) is 8.66. The van der Waals surface area contributed by atoms with E-state index >= 15 is 0 Å². The average molecular weight is 308 g/mol. The molecule has 1 atom stereocenters. The zero-order valence-electron chi connectivity index (χ0n) is 12.8. The lowest BCUT2D eigenvalue weighted by Crippen LogP contribution is -2.40. The maximum atomic E-state index is 12.3. The Kier molecular flexibility index (Phi) is 7.21. The zero-order valence-corrected chi connectivity index (χ0v) is 13.6. The van der Waals surface area contributed by atoms with E-state index in [1.54, 1.807) is 4.90 Å². The minimum atomic E-state index is -0.150. The summed E-state index contributed by atoms with van der Waals surface area (Å²) >= 11 is 6.12. The summed E-state index contributed by atoms with van der Waals surface area (Å²) in [5.41, 5.74) is 1.00. The molecule has 0 N–H and O–H groups in total. The van der Waals surface area contributed by atoms with Crippen molar-refractivity contribution in [3.05, 3.63) is 34.9 Å². The van der Waals surface area contributed by atoms with E-state index in [2.05, 4.69) is 6.07 Å². The molecule has 0 aliphatic rings. The van der Waals surface area contributed by atoms with Gasteiger partial charge in [0.25, 0.3) is 0 Å². The van der Waals surface area contributed by atoms with Crippen molar-refractivity contribution in [1.82, 2.24) is 9.80 Å². The molecule has 0 aliphatic heterocycles. The normalized spacial score (nSPS) is 12.0. The Labute approximate surface area is 131 Å². The summed E-state index contributed by atoms with van der Waals surface area (Å²) in [6, 6.07) is 9.79. The minimum Gasteiger partial charge on any atom is -0.341 e. The van der Waals surface area contributed by atoms with E-state index in [4.69, 9.17) is 16.9 Å². The molecule has 21 heavy (non-hydrogen) atoms. The number of amides is 1. The van der Waals surface area contributed by atoms with E-state index in [1.165, 1.54) is 0 Å². The van der Waals surface area contributed by atoms with E-state index in [9.17, 15) is 4.79 Å². The van der Waals surface area contributed by atoms with Gasteiger partial charge in [-0.3, -0.25) is 9.69 Å². The molecular formula is C16H22ClN3O. The number of likely N-dealkylation sites (N-methyl/N-ethyl adjacent to an activating group) is 2. The summed E-state index contributed by atoms with van der Waals surface area (Å²) in [5, 5.41) is 9.57. The molecule has 0 spiro atoms. The van der Waals surface area contributed by atoms with E-state index in [-0.39, 0.29) is 11.8 Å². The molecule has 5 heteroatoms. The fraction of sp³-hybridized carbons (Fsp3) is 0.500. The molecule has 0 radical (unpaired) electrons. The van der Waals surface area contributed by atoms with Gasteiger partial charge in [0.05, 0.1) is 18.5 Å². The Bertz CT molecular complexity index is 512. The standard InChI is InChI=1S/C16H22ClN3O/c1-4-20(10-13(2)9-18)16(21)12-19(3)11-14-7-5-6-8-15(14)17/h5-8,13H,4,10-12H2,1-3H3. The second-order valence-electron chi connectivity index (χ2n) is 5.23. The van der Waals surface area contributed by atoms with Crippen LogP contribution in [0.2, 0.25) is 5.02 Å². The molecule has 4 nitrogen and oxygen atoms in total. The van der Waals surface area contributed by atoms with Crippen molar-refractivity contribution >= 4 is 17.5 Å². The summed E-state index contributed by atoms with van der Waals surface area (Å²) in [6.45, 7) is 5.78. The topological polar surface area (TPSA) is 47.3 Å². The van der Waals surface area contributed by atoms with Crippen LogP contribution in [0.25, 0.3) is 0 Å². The number of rotatable bonds is 7. The average Bonchev–Trinajstić information content (AvgIpc) is 2.46. The van der Waals surface area contributed by atoms with Crippen LogP contribution in [0.3, 0.4) is 0 Å². The van der Waals surface area contributed by atoms with Crippen LogP contribution in [-0.2, 0) is 11.3 Å². The van der Waals surface area contributed by atoms with Crippen molar-refractivity contribution in [3.8, 4) is 6.07 Å². The van der Waals surface area contributed by atoms with Gasteiger partial charge < -0.3 is 4.90 Å². The smallest absolute Gasteiger partial charge is 0.236 e. The van der Waals surface area contributed by atoms with Crippen molar-refractivity contribution in [3.63, 3.8) is 0 Å². The highest BCUT2D eigenvalue weighted by Gasteiger charge is 2.16. The van der Waals surface area contributed by atoms with Crippen molar-refractivity contribution in [1.29, 1.82) is 5.26 Å². The molecule has 114 valence electrons. The van der Waals surface area contributed by atoms with Gasteiger partial charge in [0.1, 0.15) is 0 Å². The SMILES string of the molecule is CCN(CC(C)C#N)C(=O)CN(C)Cc1ccccc1Cl. The van der Waals surface area contributed by atoms with Gasteiger partial charge in [0.15, 0.2) is 0 Å². The van der Waals surface area contributed by atoms with Gasteiger partial charge >= 0.3 is 0 Å². The molecule has 1 aromatic rings. The van der Waals surface area contributed by atoms with E-state index in [0.717, 1.165) is 5.56 Å². The fourth-order valence-electron chi connectivity index (χ4n) is 2.08. The summed E-state index contributed by atoms with van der Waals surface area (Å²) in [6.07, 6.45) is 0. The number of carbonyl (C=O) groups excluding carboxylic acids is 1. The molecule has 0 saturated carbocycles. The van der Waals surface area contributed by atoms with Crippen LogP contribution in [0.1, 0.15) is 19.4 Å². The summed E-state index contributed by atoms with van der Waals surface area (Å²) < 4.78 is 0. The van der Waals surface area contributed by atoms with Crippen molar-refractivity contribution in [2.24, 2.45) is 5.92 Å². The quantitative estimate of drug-likeness (QED) is 0.778. The van der Waals surface area contributed by atoms with Crippen LogP contribution in [-0.4, -0.2) is 42.4 Å². The van der Waals surface area contributed by atoms with Gasteiger partial charge in [-0.05, 0) is 32.5 Å². The van der Waals surface area contributed by atoms with Gasteiger partial charge in [-0.1, -0.05) is 29.8 Å². The number of halogens is 1. The lowest BCUT2D eigenvalue weighted by Gasteiger charge is -2.25. The highest BCUT2D eigenvalue weighted by atomic mass is 35.5. The third kappa shape index (κ3) is 5.74. The maximum Gasteiger partial charge on any atom is 0.236 e. The molecule has 1 amide bonds. The fourth-order valence-corrected chi connectivity index (χ4v) is 2.28. The van der Waals surface area contributed by atoms with E-state index in [0.29, 0.717) is 31.2 Å². The Morgan fingerprint density at radius 3 is 2.67 bits per heavy atom. The number of nitrogens with zero attached hydrogens (tertiary/aromatic N) is 3. The summed E-state index contributed by atoms with van der Waals surface area (Å²) in [7, 11) is 1.89. The summed E-state index contributed by atoms with van der Waals surface area (Å²) in [4.78, 5) is 15.9. The predicted molar refractivity (Wildman–Crippen MR) is 84.8 cm³/mol. The lowest BCUT2D eigenvalue weighted by molar-refractivity contribution is -0.132. The Hall–Kier alpha value is -1.57. The summed E-state index contributed by atoms with van der Waals surface area (Å²) in [5.74, 6) is -0.114. The number of carbonyl (C=O) groups is 1. The molecule has 0 aromatic heterocycles. The Morgan fingerprint density at radius 1 is 1.43 bits per heavy atom. The van der Waals surface area contributed by atoms with E-state index < -0.39 is 0 Å². The third-order valence-electron chi connectivity index (χ3n) is 3.25. The Morgan fingerprint density at radius 2 is 2.10 bits per heavy atom. The highest BCUT2D eigenvalue weighted by Crippen LogP contribution is 2.16. The van der Waals surface area contributed by atoms with Gasteiger partial charge in [-0.25, -0.2) is 0 Å². The number of nitriles is 1. The van der Waals surface area contributed by atoms with Crippen LogP contribution in [0.15, 0.2) is 24.3 Å². The first-order chi connectivity index (χ1) is 9.97. The van der Waals surface area contributed by atoms with Crippen LogP contribution in [0.5, 0.6) is 0 Å². The number of hydrogen-bond acceptors (Lipinski definition) is 3. The van der Waals surface area contributed by atoms with Crippen LogP contribution < -0.4 is 0 Å². The van der Waals surface area contributed by atoms with Gasteiger partial charge in [0.2, 0.25) is 5.91 Å². The molecular weight excluding hydrogens is 286 g/mol. The second-order valence-corrected chi connectivity index (χ2v) is 5.63. The molecule has 0 saturated heterocycles. The van der Waals surface area contributed by atoms with Gasteiger partial charge in [-0.15, -0.1) is 0 Å². The van der Waals surface area contributed by atoms with Crippen LogP contribution in [0, 0.1) is 17.2 Å². The Balaban J connectivity index is 2.57. The van der Waals surface area contributed by atoms with Gasteiger partial charge in [-0.2, -0.15) is 5.26 Å². The first-order valence-corrected chi connectivity index (χ1v) is 7.45. The molecule has 1 rings (SSSR count). The predicted octanol–water partition coefficient (Wildman–Crippen LogP) is 2.78. The van der Waals surface area contributed by atoms with Crippen molar-refractivity contribution < 1.29 is 4.79 Å². The highest BCUT2D eigenvalue weighted by molar-refractivity contribution is 6.31. The number of hydrogen-bond donors (Lipinski definition) is 0. The lowest BCUT2D eigenvalue weighted by atomic mass is 10.2. The molecule has 0 heterocycles. The monoisotopic (exact) mass is 307 g/mol. The minimum absolute atomic E-state index is 0.0363. The first-order valence-electron chi connectivity index (χ1n) is 7.07. The molecule has 0 bridgehead atoms. The maximum absolute atomic E-state index is 12.3. The largest absolute Gasteiger partial charge is 0.341 e. The molecule has 0 fully saturated rings. The first kappa shape index (κ1) is 17.5. The van der Waals surface area contributed by atoms with Crippen LogP contribution in [0.4, 0.5) is 0 Å². The molecule has 1 unspecified atom stereocenters. The van der Waals surface area contributed by atoms with Crippen molar-refractivity contribution in [2.45, 2.75) is 20.4 Å². The molecule has 1 aromatic carbocycles. The van der Waals surface area contributed by atoms with Gasteiger partial charge in [0, 0.05) is 24.7 Å².